The van der Waals surface area contributed by atoms with Gasteiger partial charge in [0.15, 0.2) is 0 Å². The van der Waals surface area contributed by atoms with Gasteiger partial charge in [0.25, 0.3) is 0 Å². The van der Waals surface area contributed by atoms with Crippen molar-refractivity contribution in [1.82, 2.24) is 20.2 Å². The van der Waals surface area contributed by atoms with Crippen molar-refractivity contribution >= 4 is 0 Å². The van der Waals surface area contributed by atoms with E-state index in [4.69, 9.17) is 5.10 Å². The van der Waals surface area contributed by atoms with E-state index in [1.165, 1.54) is 36.9 Å². The van der Waals surface area contributed by atoms with Crippen molar-refractivity contribution in [3.8, 4) is 22.5 Å². The molecule has 4 nitrogen and oxygen atoms in total. The third-order valence-electron chi connectivity index (χ3n) is 5.38. The zero-order valence-corrected chi connectivity index (χ0v) is 18.9. The Bertz CT molecular complexity index is 829. The lowest BCUT2D eigenvalue weighted by molar-refractivity contribution is 0.344. The average Bonchev–Trinajstić information content (AvgIpc) is 3.23. The Morgan fingerprint density at radius 1 is 0.897 bits per heavy atom. The van der Waals surface area contributed by atoms with Crippen LogP contribution >= 0.6 is 0 Å². The summed E-state index contributed by atoms with van der Waals surface area (Å²) in [4.78, 5) is 8.60. The molecule has 29 heavy (non-hydrogen) atoms. The molecule has 0 atom stereocenters. The molecule has 1 aromatic carbocycles. The Morgan fingerprint density at radius 3 is 2.14 bits per heavy atom. The number of hydrogen-bond donors (Lipinski definition) is 1. The van der Waals surface area contributed by atoms with Crippen molar-refractivity contribution in [1.29, 1.82) is 0 Å². The van der Waals surface area contributed by atoms with Crippen molar-refractivity contribution in [2.45, 2.75) is 73.1 Å². The largest absolute Gasteiger partial charge is 0.281 e. The number of nitrogens with one attached hydrogen (secondary N) is 1. The van der Waals surface area contributed by atoms with Gasteiger partial charge in [0, 0.05) is 28.9 Å². The van der Waals surface area contributed by atoms with Gasteiger partial charge in [-0.15, -0.1) is 0 Å². The van der Waals surface area contributed by atoms with Crippen LogP contribution in [0.1, 0.15) is 77.5 Å². The standard InChI is InChI=1S/C21H24N4.2C2H6/c1-14-3-7-16(8-4-14)20-19(18-11-12-22-13-23-18)21(25-24-20)17-9-5-15(2)6-10-17;2*1-2/h3-4,7-8,11-13,15,17H,5-6,9-10H2,1-2H3,(H,24,25);2*1-2H3. The number of aryl methyl sites for hydroxylation is 1. The van der Waals surface area contributed by atoms with Gasteiger partial charge in [0.2, 0.25) is 0 Å². The monoisotopic (exact) mass is 392 g/mol. The molecule has 1 aliphatic carbocycles. The highest BCUT2D eigenvalue weighted by molar-refractivity contribution is 5.81. The summed E-state index contributed by atoms with van der Waals surface area (Å²) in [5, 5.41) is 8.06. The molecule has 0 spiro atoms. The minimum atomic E-state index is 0.535. The SMILES string of the molecule is CC.CC.Cc1ccc(-c2n[nH]c(C3CCC(C)CC3)c2-c2ccncn2)cc1. The number of aromatic amines is 1. The Kier molecular flexibility index (Phi) is 9.04. The highest BCUT2D eigenvalue weighted by Gasteiger charge is 2.27. The number of aromatic nitrogens is 4. The number of hydrogen-bond acceptors (Lipinski definition) is 3. The van der Waals surface area contributed by atoms with Gasteiger partial charge >= 0.3 is 0 Å². The third kappa shape index (κ3) is 5.53. The van der Waals surface area contributed by atoms with Crippen LogP contribution in [0.2, 0.25) is 0 Å². The molecular formula is C25H36N4. The molecule has 0 radical (unpaired) electrons. The summed E-state index contributed by atoms with van der Waals surface area (Å²) in [6.45, 7) is 12.5. The van der Waals surface area contributed by atoms with Crippen molar-refractivity contribution in [3.05, 3.63) is 54.1 Å². The van der Waals surface area contributed by atoms with E-state index >= 15 is 0 Å². The smallest absolute Gasteiger partial charge is 0.116 e. The Balaban J connectivity index is 0.000000707. The van der Waals surface area contributed by atoms with Crippen LogP contribution in [0.4, 0.5) is 0 Å². The maximum Gasteiger partial charge on any atom is 0.116 e. The molecule has 0 aliphatic heterocycles. The molecule has 1 fully saturated rings. The quantitative estimate of drug-likeness (QED) is 0.513. The van der Waals surface area contributed by atoms with Gasteiger partial charge in [-0.3, -0.25) is 5.10 Å². The summed E-state index contributed by atoms with van der Waals surface area (Å²) < 4.78 is 0. The number of rotatable bonds is 3. The van der Waals surface area contributed by atoms with Crippen LogP contribution in [-0.4, -0.2) is 20.2 Å². The molecule has 1 aliphatic rings. The number of nitrogens with zero attached hydrogens (tertiary/aromatic N) is 3. The summed E-state index contributed by atoms with van der Waals surface area (Å²) in [6.07, 6.45) is 8.43. The van der Waals surface area contributed by atoms with Crippen LogP contribution in [0.5, 0.6) is 0 Å². The summed E-state index contributed by atoms with van der Waals surface area (Å²) >= 11 is 0. The molecule has 3 aromatic rings. The van der Waals surface area contributed by atoms with E-state index in [0.717, 1.165) is 28.4 Å². The number of benzene rings is 1. The first kappa shape index (κ1) is 22.8. The lowest BCUT2D eigenvalue weighted by Gasteiger charge is -2.26. The van der Waals surface area contributed by atoms with Crippen LogP contribution in [0, 0.1) is 12.8 Å². The Hall–Kier alpha value is -2.49. The van der Waals surface area contributed by atoms with E-state index in [-0.39, 0.29) is 0 Å². The Labute approximate surface area is 176 Å². The zero-order valence-electron chi connectivity index (χ0n) is 18.9. The lowest BCUT2D eigenvalue weighted by Crippen LogP contribution is -2.12. The van der Waals surface area contributed by atoms with Crippen LogP contribution in [0.25, 0.3) is 22.5 Å². The molecule has 0 amide bonds. The molecular weight excluding hydrogens is 356 g/mol. The summed E-state index contributed by atoms with van der Waals surface area (Å²) in [6, 6.07) is 10.5. The molecule has 1 saturated carbocycles. The van der Waals surface area contributed by atoms with Crippen LogP contribution in [0.3, 0.4) is 0 Å². The van der Waals surface area contributed by atoms with Crippen LogP contribution in [-0.2, 0) is 0 Å². The maximum atomic E-state index is 4.70. The highest BCUT2D eigenvalue weighted by atomic mass is 15.1. The summed E-state index contributed by atoms with van der Waals surface area (Å²) in [7, 11) is 0. The minimum absolute atomic E-state index is 0.535. The van der Waals surface area contributed by atoms with Crippen molar-refractivity contribution in [2.75, 3.05) is 0 Å². The highest BCUT2D eigenvalue weighted by Crippen LogP contribution is 2.41. The second-order valence-corrected chi connectivity index (χ2v) is 7.28. The number of H-pyrrole nitrogens is 1. The zero-order chi connectivity index (χ0) is 21.2. The van der Waals surface area contributed by atoms with Gasteiger partial charge in [0.1, 0.15) is 12.0 Å². The molecule has 1 N–H and O–H groups in total. The molecule has 4 heteroatoms. The van der Waals surface area contributed by atoms with Gasteiger partial charge in [-0.25, -0.2) is 9.97 Å². The molecule has 0 saturated heterocycles. The molecule has 156 valence electrons. The van der Waals surface area contributed by atoms with E-state index in [0.29, 0.717) is 5.92 Å². The normalized spacial score (nSPS) is 18.1. The predicted molar refractivity (Wildman–Crippen MR) is 123 cm³/mol. The minimum Gasteiger partial charge on any atom is -0.281 e. The van der Waals surface area contributed by atoms with Gasteiger partial charge in [-0.1, -0.05) is 77.3 Å². The van der Waals surface area contributed by atoms with E-state index in [9.17, 15) is 0 Å². The average molecular weight is 393 g/mol. The molecule has 0 bridgehead atoms. The fraction of sp³-hybridized carbons (Fsp3) is 0.480. The molecule has 2 aromatic heterocycles. The van der Waals surface area contributed by atoms with E-state index in [2.05, 4.69) is 53.2 Å². The van der Waals surface area contributed by atoms with Crippen LogP contribution in [0.15, 0.2) is 42.9 Å². The van der Waals surface area contributed by atoms with Crippen molar-refractivity contribution in [3.63, 3.8) is 0 Å². The summed E-state index contributed by atoms with van der Waals surface area (Å²) in [5.41, 5.74) is 6.71. The van der Waals surface area contributed by atoms with Gasteiger partial charge in [-0.2, -0.15) is 5.10 Å². The second kappa shape index (κ2) is 11.5. The van der Waals surface area contributed by atoms with E-state index in [1.54, 1.807) is 12.5 Å². The first-order valence-electron chi connectivity index (χ1n) is 11.1. The maximum absolute atomic E-state index is 4.70. The van der Waals surface area contributed by atoms with Crippen molar-refractivity contribution < 1.29 is 0 Å². The predicted octanol–water partition coefficient (Wildman–Crippen LogP) is 7.19. The van der Waals surface area contributed by atoms with Gasteiger partial charge in [-0.05, 0) is 31.7 Å². The van der Waals surface area contributed by atoms with Crippen LogP contribution < -0.4 is 0 Å². The topological polar surface area (TPSA) is 54.5 Å². The Morgan fingerprint density at radius 2 is 1.55 bits per heavy atom. The fourth-order valence-electron chi connectivity index (χ4n) is 3.82. The first-order chi connectivity index (χ1) is 14.2. The third-order valence-corrected chi connectivity index (χ3v) is 5.38. The summed E-state index contributed by atoms with van der Waals surface area (Å²) in [5.74, 6) is 1.37. The second-order valence-electron chi connectivity index (χ2n) is 7.28. The fourth-order valence-corrected chi connectivity index (χ4v) is 3.82. The molecule has 2 heterocycles. The molecule has 4 rings (SSSR count). The van der Waals surface area contributed by atoms with E-state index in [1.807, 2.05) is 33.8 Å². The van der Waals surface area contributed by atoms with Crippen molar-refractivity contribution in [2.24, 2.45) is 5.92 Å². The van der Waals surface area contributed by atoms with Gasteiger partial charge in [0.05, 0.1) is 5.69 Å². The lowest BCUT2D eigenvalue weighted by atomic mass is 9.80. The van der Waals surface area contributed by atoms with E-state index < -0.39 is 0 Å². The van der Waals surface area contributed by atoms with Gasteiger partial charge < -0.3 is 0 Å². The molecule has 0 unspecified atom stereocenters. The first-order valence-corrected chi connectivity index (χ1v) is 11.1.